The lowest BCUT2D eigenvalue weighted by Gasteiger charge is -2.35. The van der Waals surface area contributed by atoms with Crippen LogP contribution in [0.4, 0.5) is 0 Å². The summed E-state index contributed by atoms with van der Waals surface area (Å²) >= 11 is 1.76. The van der Waals surface area contributed by atoms with Crippen molar-refractivity contribution in [2.24, 2.45) is 5.73 Å². The second-order valence-corrected chi connectivity index (χ2v) is 7.55. The van der Waals surface area contributed by atoms with Crippen LogP contribution in [-0.2, 0) is 4.79 Å². The largest absolute Gasteiger partial charge is 0.338 e. The van der Waals surface area contributed by atoms with Gasteiger partial charge in [0.2, 0.25) is 5.91 Å². The van der Waals surface area contributed by atoms with Gasteiger partial charge in [0.15, 0.2) is 0 Å². The van der Waals surface area contributed by atoms with Crippen molar-refractivity contribution in [3.05, 3.63) is 21.9 Å². The highest BCUT2D eigenvalue weighted by molar-refractivity contribution is 7.12. The van der Waals surface area contributed by atoms with Crippen LogP contribution in [0.2, 0.25) is 0 Å². The van der Waals surface area contributed by atoms with E-state index in [1.807, 2.05) is 11.9 Å². The van der Waals surface area contributed by atoms with Gasteiger partial charge in [0, 0.05) is 28.8 Å². The van der Waals surface area contributed by atoms with Gasteiger partial charge in [-0.15, -0.1) is 11.3 Å². The molecule has 1 aromatic heterocycles. The van der Waals surface area contributed by atoms with Gasteiger partial charge in [-0.05, 0) is 38.8 Å². The van der Waals surface area contributed by atoms with Gasteiger partial charge < -0.3 is 10.6 Å². The van der Waals surface area contributed by atoms with Crippen LogP contribution in [0.3, 0.4) is 0 Å². The molecular weight excluding hydrogens is 268 g/mol. The predicted molar refractivity (Wildman–Crippen MR) is 84.9 cm³/mol. The molecule has 1 aliphatic carbocycles. The Balaban J connectivity index is 1.97. The summed E-state index contributed by atoms with van der Waals surface area (Å²) in [4.78, 5) is 16.9. The number of hydrogen-bond donors (Lipinski definition) is 1. The third-order valence-corrected chi connectivity index (χ3v) is 5.67. The van der Waals surface area contributed by atoms with Crippen LogP contribution in [-0.4, -0.2) is 23.4 Å². The standard InChI is InChI=1S/C16H26N2OS/c1-12-7-8-14(20-12)13(2)18(3)15(19)11-16(17)9-5-4-6-10-16/h7-8,13H,4-6,9-11,17H2,1-3H3. The molecule has 2 rings (SSSR count). The number of carbonyl (C=O) groups is 1. The zero-order chi connectivity index (χ0) is 14.8. The van der Waals surface area contributed by atoms with E-state index in [1.165, 1.54) is 16.2 Å². The van der Waals surface area contributed by atoms with Gasteiger partial charge in [-0.25, -0.2) is 0 Å². The third kappa shape index (κ3) is 3.61. The molecule has 20 heavy (non-hydrogen) atoms. The summed E-state index contributed by atoms with van der Waals surface area (Å²) in [5, 5.41) is 0. The van der Waals surface area contributed by atoms with Crippen molar-refractivity contribution >= 4 is 17.2 Å². The Hall–Kier alpha value is -0.870. The number of amides is 1. The second kappa shape index (κ2) is 6.27. The summed E-state index contributed by atoms with van der Waals surface area (Å²) in [6.07, 6.45) is 6.03. The Labute approximate surface area is 126 Å². The van der Waals surface area contributed by atoms with E-state index in [0.29, 0.717) is 6.42 Å². The zero-order valence-electron chi connectivity index (χ0n) is 12.8. The summed E-state index contributed by atoms with van der Waals surface area (Å²) in [5.41, 5.74) is 6.13. The maximum atomic E-state index is 12.5. The predicted octanol–water partition coefficient (Wildman–Crippen LogP) is 3.63. The van der Waals surface area contributed by atoms with Crippen molar-refractivity contribution in [3.63, 3.8) is 0 Å². The van der Waals surface area contributed by atoms with E-state index < -0.39 is 0 Å². The first-order valence-electron chi connectivity index (χ1n) is 7.52. The Morgan fingerprint density at radius 3 is 2.60 bits per heavy atom. The molecule has 2 N–H and O–H groups in total. The summed E-state index contributed by atoms with van der Waals surface area (Å²) in [6, 6.07) is 4.36. The molecule has 0 spiro atoms. The fourth-order valence-corrected chi connectivity index (χ4v) is 3.92. The highest BCUT2D eigenvalue weighted by Gasteiger charge is 2.32. The molecule has 1 aromatic rings. The zero-order valence-corrected chi connectivity index (χ0v) is 13.6. The van der Waals surface area contributed by atoms with Crippen LogP contribution in [0.15, 0.2) is 12.1 Å². The second-order valence-electron chi connectivity index (χ2n) is 6.23. The van der Waals surface area contributed by atoms with Crippen molar-refractivity contribution < 1.29 is 4.79 Å². The Kier molecular flexibility index (Phi) is 4.86. The molecule has 1 saturated carbocycles. The van der Waals surface area contributed by atoms with Crippen LogP contribution in [0.25, 0.3) is 0 Å². The Bertz CT molecular complexity index is 463. The average Bonchev–Trinajstić information content (AvgIpc) is 2.84. The van der Waals surface area contributed by atoms with E-state index in [2.05, 4.69) is 26.0 Å². The number of nitrogens with zero attached hydrogens (tertiary/aromatic N) is 1. The first-order chi connectivity index (χ1) is 9.41. The van der Waals surface area contributed by atoms with Gasteiger partial charge in [-0.2, -0.15) is 0 Å². The lowest BCUT2D eigenvalue weighted by Crippen LogP contribution is -2.46. The first kappa shape index (κ1) is 15.5. The molecule has 112 valence electrons. The van der Waals surface area contributed by atoms with Crippen LogP contribution in [0, 0.1) is 6.92 Å². The molecule has 1 fully saturated rings. The fourth-order valence-electron chi connectivity index (χ4n) is 2.94. The van der Waals surface area contributed by atoms with Crippen molar-refractivity contribution in [2.45, 2.75) is 64.0 Å². The highest BCUT2D eigenvalue weighted by atomic mass is 32.1. The van der Waals surface area contributed by atoms with Crippen LogP contribution in [0.1, 0.15) is 61.2 Å². The minimum Gasteiger partial charge on any atom is -0.338 e. The van der Waals surface area contributed by atoms with E-state index in [0.717, 1.165) is 25.7 Å². The molecule has 1 heterocycles. The number of carbonyl (C=O) groups excluding carboxylic acids is 1. The molecule has 0 saturated heterocycles. The third-order valence-electron chi connectivity index (χ3n) is 4.50. The summed E-state index contributed by atoms with van der Waals surface area (Å²) in [5.74, 6) is 0.174. The first-order valence-corrected chi connectivity index (χ1v) is 8.34. The number of nitrogens with two attached hydrogens (primary N) is 1. The quantitative estimate of drug-likeness (QED) is 0.921. The van der Waals surface area contributed by atoms with Crippen molar-refractivity contribution in [1.29, 1.82) is 0 Å². The molecule has 3 nitrogen and oxygen atoms in total. The lowest BCUT2D eigenvalue weighted by molar-refractivity contribution is -0.133. The molecule has 4 heteroatoms. The minimum atomic E-state index is -0.269. The van der Waals surface area contributed by atoms with Crippen LogP contribution in [0.5, 0.6) is 0 Å². The van der Waals surface area contributed by atoms with Gasteiger partial charge in [0.1, 0.15) is 0 Å². The summed E-state index contributed by atoms with van der Waals surface area (Å²) in [6.45, 7) is 4.19. The van der Waals surface area contributed by atoms with Crippen LogP contribution >= 0.6 is 11.3 Å². The number of rotatable bonds is 4. The molecule has 0 aliphatic heterocycles. The van der Waals surface area contributed by atoms with Crippen LogP contribution < -0.4 is 5.73 Å². The van der Waals surface area contributed by atoms with Crippen molar-refractivity contribution in [1.82, 2.24) is 4.90 Å². The highest BCUT2D eigenvalue weighted by Crippen LogP contribution is 2.31. The minimum absolute atomic E-state index is 0.133. The maximum absolute atomic E-state index is 12.5. The topological polar surface area (TPSA) is 46.3 Å². The Morgan fingerprint density at radius 1 is 1.40 bits per heavy atom. The van der Waals surface area contributed by atoms with E-state index in [4.69, 9.17) is 5.73 Å². The van der Waals surface area contributed by atoms with E-state index in [-0.39, 0.29) is 17.5 Å². The van der Waals surface area contributed by atoms with E-state index in [9.17, 15) is 4.79 Å². The molecule has 0 radical (unpaired) electrons. The Morgan fingerprint density at radius 2 is 2.05 bits per heavy atom. The van der Waals surface area contributed by atoms with Gasteiger partial charge in [-0.1, -0.05) is 19.3 Å². The smallest absolute Gasteiger partial charge is 0.224 e. The van der Waals surface area contributed by atoms with Gasteiger partial charge in [0.25, 0.3) is 0 Å². The van der Waals surface area contributed by atoms with E-state index in [1.54, 1.807) is 11.3 Å². The molecule has 1 amide bonds. The molecular formula is C16H26N2OS. The number of aryl methyl sites for hydroxylation is 1. The van der Waals surface area contributed by atoms with Gasteiger partial charge >= 0.3 is 0 Å². The molecule has 1 unspecified atom stereocenters. The van der Waals surface area contributed by atoms with Crippen molar-refractivity contribution in [3.8, 4) is 0 Å². The molecule has 1 atom stereocenters. The molecule has 0 aromatic carbocycles. The molecule has 0 bridgehead atoms. The number of hydrogen-bond acceptors (Lipinski definition) is 3. The van der Waals surface area contributed by atoms with Crippen molar-refractivity contribution in [2.75, 3.05) is 7.05 Å². The van der Waals surface area contributed by atoms with E-state index >= 15 is 0 Å². The number of thiophene rings is 1. The summed E-state index contributed by atoms with van der Waals surface area (Å²) in [7, 11) is 1.90. The average molecular weight is 294 g/mol. The fraction of sp³-hybridized carbons (Fsp3) is 0.688. The molecule has 1 aliphatic rings. The monoisotopic (exact) mass is 294 g/mol. The van der Waals surface area contributed by atoms with Gasteiger partial charge in [-0.3, -0.25) is 4.79 Å². The SMILES string of the molecule is Cc1ccc(C(C)N(C)C(=O)CC2(N)CCCCC2)s1. The lowest BCUT2D eigenvalue weighted by atomic mass is 9.80. The normalized spacial score (nSPS) is 19.6. The van der Waals surface area contributed by atoms with Gasteiger partial charge in [0.05, 0.1) is 6.04 Å². The maximum Gasteiger partial charge on any atom is 0.224 e. The summed E-state index contributed by atoms with van der Waals surface area (Å²) < 4.78 is 0.